The Kier molecular flexibility index (Phi) is 2.64. The highest BCUT2D eigenvalue weighted by Crippen LogP contribution is 2.29. The molecular weight excluding hydrogens is 172 g/mol. The lowest BCUT2D eigenvalue weighted by molar-refractivity contribution is 0.363. The zero-order valence-electron chi connectivity index (χ0n) is 9.21. The fourth-order valence-corrected chi connectivity index (χ4v) is 2.31. The summed E-state index contributed by atoms with van der Waals surface area (Å²) in [6.45, 7) is 3.36. The van der Waals surface area contributed by atoms with Crippen LogP contribution in [0.15, 0.2) is 18.5 Å². The Balaban J connectivity index is 1.87. The van der Waals surface area contributed by atoms with Crippen LogP contribution in [0, 0.1) is 0 Å². The van der Waals surface area contributed by atoms with E-state index in [4.69, 9.17) is 0 Å². The summed E-state index contributed by atoms with van der Waals surface area (Å²) in [5, 5.41) is 3.67. The topological polar surface area (TPSA) is 17.0 Å². The van der Waals surface area contributed by atoms with Crippen molar-refractivity contribution in [3.05, 3.63) is 24.0 Å². The van der Waals surface area contributed by atoms with E-state index >= 15 is 0 Å². The predicted molar refractivity (Wildman–Crippen MR) is 59.1 cm³/mol. The largest absolute Gasteiger partial charge is 0.357 e. The average Bonchev–Trinajstić information content (AvgIpc) is 2.73. The van der Waals surface area contributed by atoms with Gasteiger partial charge in [0.15, 0.2) is 0 Å². The molecule has 0 saturated heterocycles. The third-order valence-corrected chi connectivity index (χ3v) is 3.32. The Morgan fingerprint density at radius 1 is 1.43 bits per heavy atom. The molecule has 0 atom stereocenters. The maximum atomic E-state index is 3.67. The zero-order valence-corrected chi connectivity index (χ0v) is 9.21. The van der Waals surface area contributed by atoms with Gasteiger partial charge in [0.2, 0.25) is 0 Å². The van der Waals surface area contributed by atoms with Crippen LogP contribution >= 0.6 is 0 Å². The normalized spacial score (nSPS) is 20.1. The summed E-state index contributed by atoms with van der Waals surface area (Å²) >= 11 is 0. The van der Waals surface area contributed by atoms with Gasteiger partial charge in [0, 0.05) is 31.5 Å². The van der Waals surface area contributed by atoms with E-state index < -0.39 is 0 Å². The first-order valence-electron chi connectivity index (χ1n) is 5.54. The van der Waals surface area contributed by atoms with E-state index in [-0.39, 0.29) is 0 Å². The van der Waals surface area contributed by atoms with E-state index in [9.17, 15) is 0 Å². The molecule has 1 aromatic rings. The lowest BCUT2D eigenvalue weighted by Gasteiger charge is -2.25. The highest BCUT2D eigenvalue weighted by atomic mass is 15.0. The van der Waals surface area contributed by atoms with E-state index in [1.165, 1.54) is 31.2 Å². The molecule has 0 unspecified atom stereocenters. The molecule has 78 valence electrons. The van der Waals surface area contributed by atoms with Gasteiger partial charge < -0.3 is 9.88 Å². The number of nitrogens with one attached hydrogen (secondary N) is 1. The highest BCUT2D eigenvalue weighted by molar-refractivity contribution is 5.10. The number of hydrogen-bond acceptors (Lipinski definition) is 1. The summed E-state index contributed by atoms with van der Waals surface area (Å²) < 4.78 is 2.11. The molecule has 1 heterocycles. The molecule has 0 aromatic carbocycles. The molecular formula is C12H20N2. The molecule has 0 aliphatic heterocycles. The van der Waals surface area contributed by atoms with Gasteiger partial charge >= 0.3 is 0 Å². The molecule has 2 nitrogen and oxygen atoms in total. The molecule has 1 saturated carbocycles. The van der Waals surface area contributed by atoms with Crippen LogP contribution in [-0.2, 0) is 13.6 Å². The van der Waals surface area contributed by atoms with Crippen molar-refractivity contribution in [3.8, 4) is 0 Å². The maximum Gasteiger partial charge on any atom is 0.0225 e. The van der Waals surface area contributed by atoms with E-state index in [1.54, 1.807) is 0 Å². The van der Waals surface area contributed by atoms with Crippen LogP contribution in [-0.4, -0.2) is 10.1 Å². The van der Waals surface area contributed by atoms with Gasteiger partial charge in [-0.15, -0.1) is 0 Å². The Bertz CT molecular complexity index is 295. The molecule has 1 N–H and O–H groups in total. The third kappa shape index (κ3) is 2.18. The van der Waals surface area contributed by atoms with Gasteiger partial charge in [-0.1, -0.05) is 12.8 Å². The van der Waals surface area contributed by atoms with Gasteiger partial charge in [-0.2, -0.15) is 0 Å². The molecule has 1 aliphatic rings. The van der Waals surface area contributed by atoms with E-state index in [2.05, 4.69) is 42.3 Å². The molecule has 0 spiro atoms. The van der Waals surface area contributed by atoms with Crippen molar-refractivity contribution < 1.29 is 0 Å². The summed E-state index contributed by atoms with van der Waals surface area (Å²) in [4.78, 5) is 0. The van der Waals surface area contributed by atoms with Crippen LogP contribution in [0.4, 0.5) is 0 Å². The van der Waals surface area contributed by atoms with E-state index in [0.29, 0.717) is 5.54 Å². The van der Waals surface area contributed by atoms with Crippen LogP contribution in [0.3, 0.4) is 0 Å². The van der Waals surface area contributed by atoms with Crippen molar-refractivity contribution in [2.45, 2.75) is 44.7 Å². The van der Waals surface area contributed by atoms with Crippen molar-refractivity contribution in [2.75, 3.05) is 0 Å². The lowest BCUT2D eigenvalue weighted by Crippen LogP contribution is -2.38. The second-order valence-corrected chi connectivity index (χ2v) is 4.81. The van der Waals surface area contributed by atoms with Gasteiger partial charge in [0.25, 0.3) is 0 Å². The molecule has 2 rings (SSSR count). The minimum Gasteiger partial charge on any atom is -0.357 e. The minimum atomic E-state index is 0.399. The quantitative estimate of drug-likeness (QED) is 0.778. The van der Waals surface area contributed by atoms with Gasteiger partial charge in [0.05, 0.1) is 0 Å². The Morgan fingerprint density at radius 2 is 2.14 bits per heavy atom. The molecule has 0 amide bonds. The summed E-state index contributed by atoms with van der Waals surface area (Å²) in [5.74, 6) is 0. The van der Waals surface area contributed by atoms with Crippen LogP contribution in [0.5, 0.6) is 0 Å². The first-order chi connectivity index (χ1) is 6.68. The summed E-state index contributed by atoms with van der Waals surface area (Å²) in [6, 6.07) is 2.19. The molecule has 14 heavy (non-hydrogen) atoms. The standard InChI is InChI=1S/C12H20N2/c1-12(6-3-4-7-12)13-9-11-5-8-14(2)10-11/h5,8,10,13H,3-4,6-7,9H2,1-2H3. The summed E-state index contributed by atoms with van der Waals surface area (Å²) in [6.07, 6.45) is 9.73. The first-order valence-corrected chi connectivity index (χ1v) is 5.54. The number of aromatic nitrogens is 1. The van der Waals surface area contributed by atoms with Gasteiger partial charge in [0.1, 0.15) is 0 Å². The maximum absolute atomic E-state index is 3.67. The van der Waals surface area contributed by atoms with E-state index in [1.807, 2.05) is 0 Å². The molecule has 1 fully saturated rings. The van der Waals surface area contributed by atoms with Crippen molar-refractivity contribution >= 4 is 0 Å². The van der Waals surface area contributed by atoms with Crippen LogP contribution in [0.25, 0.3) is 0 Å². The summed E-state index contributed by atoms with van der Waals surface area (Å²) in [7, 11) is 2.07. The third-order valence-electron chi connectivity index (χ3n) is 3.32. The van der Waals surface area contributed by atoms with Crippen LogP contribution < -0.4 is 5.32 Å². The Morgan fingerprint density at radius 3 is 2.71 bits per heavy atom. The van der Waals surface area contributed by atoms with Crippen molar-refractivity contribution in [1.82, 2.24) is 9.88 Å². The van der Waals surface area contributed by atoms with Crippen LogP contribution in [0.2, 0.25) is 0 Å². The fraction of sp³-hybridized carbons (Fsp3) is 0.667. The number of hydrogen-bond donors (Lipinski definition) is 1. The molecule has 0 radical (unpaired) electrons. The zero-order chi connectivity index (χ0) is 10.0. The fourth-order valence-electron chi connectivity index (χ4n) is 2.31. The monoisotopic (exact) mass is 192 g/mol. The smallest absolute Gasteiger partial charge is 0.0225 e. The molecule has 1 aliphatic carbocycles. The minimum absolute atomic E-state index is 0.399. The average molecular weight is 192 g/mol. The Labute approximate surface area is 86.3 Å². The first kappa shape index (κ1) is 9.78. The molecule has 2 heteroatoms. The van der Waals surface area contributed by atoms with Gasteiger partial charge in [-0.05, 0) is 31.4 Å². The van der Waals surface area contributed by atoms with Crippen molar-refractivity contribution in [3.63, 3.8) is 0 Å². The SMILES string of the molecule is Cn1ccc(CNC2(C)CCCC2)c1. The van der Waals surface area contributed by atoms with E-state index in [0.717, 1.165) is 6.54 Å². The number of rotatable bonds is 3. The van der Waals surface area contributed by atoms with Gasteiger partial charge in [-0.3, -0.25) is 0 Å². The number of aryl methyl sites for hydroxylation is 1. The molecule has 1 aromatic heterocycles. The number of nitrogens with zero attached hydrogens (tertiary/aromatic N) is 1. The van der Waals surface area contributed by atoms with Crippen molar-refractivity contribution in [2.24, 2.45) is 7.05 Å². The van der Waals surface area contributed by atoms with Crippen molar-refractivity contribution in [1.29, 1.82) is 0 Å². The summed E-state index contributed by atoms with van der Waals surface area (Å²) in [5.41, 5.74) is 1.79. The second-order valence-electron chi connectivity index (χ2n) is 4.81. The van der Waals surface area contributed by atoms with Crippen LogP contribution in [0.1, 0.15) is 38.2 Å². The van der Waals surface area contributed by atoms with Gasteiger partial charge in [-0.25, -0.2) is 0 Å². The Hall–Kier alpha value is -0.760. The predicted octanol–water partition coefficient (Wildman–Crippen LogP) is 2.45. The lowest BCUT2D eigenvalue weighted by atomic mass is 10.0. The second kappa shape index (κ2) is 3.77. The highest BCUT2D eigenvalue weighted by Gasteiger charge is 2.27. The molecule has 0 bridgehead atoms.